The van der Waals surface area contributed by atoms with E-state index in [1.165, 1.54) is 68.9 Å². The molecule has 0 radical (unpaired) electrons. The lowest BCUT2D eigenvalue weighted by atomic mass is 9.95. The smallest absolute Gasteiger partial charge is 0.200 e. The molecule has 1 N–H and O–H groups in total. The van der Waals surface area contributed by atoms with Gasteiger partial charge in [0.1, 0.15) is 11.5 Å². The van der Waals surface area contributed by atoms with Gasteiger partial charge in [-0.3, -0.25) is 0 Å². The first-order valence-electron chi connectivity index (χ1n) is 15.1. The zero-order valence-corrected chi connectivity index (χ0v) is 25.7. The predicted molar refractivity (Wildman–Crippen MR) is 165 cm³/mol. The Hall–Kier alpha value is -2.47. The minimum atomic E-state index is 0.104. The number of phenolic OH excluding ortho intramolecular Hbond substituents is 1. The van der Waals surface area contributed by atoms with Crippen LogP contribution in [0.15, 0.2) is 41.1 Å². The van der Waals surface area contributed by atoms with Gasteiger partial charge in [-0.25, -0.2) is 15.0 Å². The topological polar surface area (TPSA) is 68.1 Å². The van der Waals surface area contributed by atoms with E-state index in [4.69, 9.17) is 9.72 Å². The van der Waals surface area contributed by atoms with Crippen molar-refractivity contribution in [1.29, 1.82) is 0 Å². The number of aryl methyl sites for hydroxylation is 2. The van der Waals surface area contributed by atoms with Gasteiger partial charge in [0.25, 0.3) is 0 Å². The molecule has 39 heavy (non-hydrogen) atoms. The summed E-state index contributed by atoms with van der Waals surface area (Å²) < 4.78 is 6.30. The van der Waals surface area contributed by atoms with Gasteiger partial charge in [-0.1, -0.05) is 96.8 Å². The number of unbranched alkanes of at least 4 members (excludes halogenated alkanes) is 9. The molecular formula is C33H46BrN3O2. The van der Waals surface area contributed by atoms with Crippen molar-refractivity contribution in [3.8, 4) is 34.3 Å². The summed E-state index contributed by atoms with van der Waals surface area (Å²) in [6.07, 6.45) is 16.6. The van der Waals surface area contributed by atoms with Gasteiger partial charge in [0, 0.05) is 11.6 Å². The van der Waals surface area contributed by atoms with Crippen LogP contribution in [0.25, 0.3) is 22.8 Å². The van der Waals surface area contributed by atoms with E-state index in [-0.39, 0.29) is 5.75 Å². The lowest BCUT2D eigenvalue weighted by Gasteiger charge is -2.13. The van der Waals surface area contributed by atoms with Crippen molar-refractivity contribution in [2.75, 3.05) is 6.61 Å². The summed E-state index contributed by atoms with van der Waals surface area (Å²) in [5.41, 5.74) is 4.28. The number of ether oxygens (including phenoxy) is 1. The van der Waals surface area contributed by atoms with E-state index in [0.717, 1.165) is 37.7 Å². The lowest BCUT2D eigenvalue weighted by molar-refractivity contribution is 0.303. The first kappa shape index (κ1) is 31.1. The molecule has 0 aliphatic carbocycles. The number of hydrogen-bond donors (Lipinski definition) is 1. The first-order chi connectivity index (χ1) is 19.0. The highest BCUT2D eigenvalue weighted by atomic mass is 79.9. The van der Waals surface area contributed by atoms with Crippen molar-refractivity contribution in [3.05, 3.63) is 52.3 Å². The van der Waals surface area contributed by atoms with Crippen LogP contribution in [-0.4, -0.2) is 26.7 Å². The molecule has 6 heteroatoms. The van der Waals surface area contributed by atoms with Gasteiger partial charge in [-0.2, -0.15) is 0 Å². The van der Waals surface area contributed by atoms with Gasteiger partial charge in [0.2, 0.25) is 4.73 Å². The fourth-order valence-corrected chi connectivity index (χ4v) is 5.16. The first-order valence-corrected chi connectivity index (χ1v) is 15.8. The highest BCUT2D eigenvalue weighted by molar-refractivity contribution is 9.10. The lowest BCUT2D eigenvalue weighted by Crippen LogP contribution is -2.02. The normalized spacial score (nSPS) is 11.2. The van der Waals surface area contributed by atoms with Crippen LogP contribution in [0.4, 0.5) is 0 Å². The third kappa shape index (κ3) is 10.2. The molecule has 1 heterocycles. The van der Waals surface area contributed by atoms with E-state index in [9.17, 15) is 5.11 Å². The average molecular weight is 597 g/mol. The highest BCUT2D eigenvalue weighted by Gasteiger charge is 2.16. The molecule has 0 amide bonds. The molecule has 0 saturated heterocycles. The van der Waals surface area contributed by atoms with Crippen LogP contribution in [0.3, 0.4) is 0 Å². The third-order valence-corrected chi connectivity index (χ3v) is 7.47. The zero-order valence-electron chi connectivity index (χ0n) is 24.1. The molecule has 0 aliphatic heterocycles. The number of aromatic nitrogens is 3. The summed E-state index contributed by atoms with van der Waals surface area (Å²) in [4.78, 5) is 14.0. The SMILES string of the molecule is CCCCCCOc1ccc(-c2nc(Br)nc(-c3ccc(CCCCCC)cc3CCCCCC)n2)c(O)c1. The molecule has 0 bridgehead atoms. The van der Waals surface area contributed by atoms with Crippen LogP contribution in [-0.2, 0) is 12.8 Å². The second-order valence-corrected chi connectivity index (χ2v) is 11.2. The van der Waals surface area contributed by atoms with E-state index in [1.807, 2.05) is 12.1 Å². The molecule has 3 rings (SSSR count). The highest BCUT2D eigenvalue weighted by Crippen LogP contribution is 2.33. The summed E-state index contributed by atoms with van der Waals surface area (Å²) in [7, 11) is 0. The Morgan fingerprint density at radius 3 is 1.95 bits per heavy atom. The zero-order chi connectivity index (χ0) is 27.9. The second kappa shape index (κ2) is 17.3. The van der Waals surface area contributed by atoms with Crippen molar-refractivity contribution < 1.29 is 9.84 Å². The van der Waals surface area contributed by atoms with Crippen molar-refractivity contribution >= 4 is 15.9 Å². The average Bonchev–Trinajstić information content (AvgIpc) is 2.93. The number of rotatable bonds is 18. The Kier molecular flexibility index (Phi) is 13.8. The maximum atomic E-state index is 10.8. The third-order valence-electron chi connectivity index (χ3n) is 7.11. The van der Waals surface area contributed by atoms with Crippen LogP contribution in [0.1, 0.15) is 109 Å². The standard InChI is InChI=1S/C33H46BrN3O2/c1-4-7-10-13-16-25-18-20-28(26(23-25)17-14-11-8-5-2)31-35-32(37-33(34)36-31)29-21-19-27(24-30(29)38)39-22-15-12-9-6-3/h18-21,23-24,38H,4-17,22H2,1-3H3. The van der Waals surface area contributed by atoms with Crippen molar-refractivity contribution in [3.63, 3.8) is 0 Å². The van der Waals surface area contributed by atoms with Crippen LogP contribution in [0.5, 0.6) is 11.5 Å². The number of hydrogen-bond acceptors (Lipinski definition) is 5. The molecule has 212 valence electrons. The minimum Gasteiger partial charge on any atom is -0.507 e. The molecule has 0 atom stereocenters. The Labute approximate surface area is 244 Å². The largest absolute Gasteiger partial charge is 0.507 e. The maximum absolute atomic E-state index is 10.8. The molecule has 0 fully saturated rings. The van der Waals surface area contributed by atoms with Crippen LogP contribution in [0, 0.1) is 0 Å². The number of phenols is 1. The summed E-state index contributed by atoms with van der Waals surface area (Å²) in [6, 6.07) is 12.1. The Morgan fingerprint density at radius 1 is 0.667 bits per heavy atom. The van der Waals surface area contributed by atoms with Gasteiger partial charge in [-0.05, 0) is 71.3 Å². The van der Waals surface area contributed by atoms with Crippen molar-refractivity contribution in [1.82, 2.24) is 15.0 Å². The summed E-state index contributed by atoms with van der Waals surface area (Å²) >= 11 is 3.49. The number of aromatic hydroxyl groups is 1. The molecule has 0 aliphatic rings. The number of benzene rings is 2. The number of halogens is 1. The Bertz CT molecular complexity index is 1150. The molecule has 0 saturated carbocycles. The summed E-state index contributed by atoms with van der Waals surface area (Å²) in [5.74, 6) is 1.84. The second-order valence-electron chi connectivity index (χ2n) is 10.5. The summed E-state index contributed by atoms with van der Waals surface area (Å²) in [5, 5.41) is 10.8. The molecule has 1 aromatic heterocycles. The number of nitrogens with zero attached hydrogens (tertiary/aromatic N) is 3. The van der Waals surface area contributed by atoms with Gasteiger partial charge in [-0.15, -0.1) is 0 Å². The quantitative estimate of drug-likeness (QED) is 0.148. The van der Waals surface area contributed by atoms with Gasteiger partial charge in [0.15, 0.2) is 11.6 Å². The van der Waals surface area contributed by atoms with E-state index >= 15 is 0 Å². The predicted octanol–water partition coefficient (Wildman–Crippen LogP) is 9.88. The molecule has 0 spiro atoms. The fraction of sp³-hybridized carbons (Fsp3) is 0.545. The van der Waals surface area contributed by atoms with Gasteiger partial charge >= 0.3 is 0 Å². The molecule has 5 nitrogen and oxygen atoms in total. The van der Waals surface area contributed by atoms with E-state index < -0.39 is 0 Å². The van der Waals surface area contributed by atoms with Crippen molar-refractivity contribution in [2.45, 2.75) is 111 Å². The van der Waals surface area contributed by atoms with Gasteiger partial charge in [0.05, 0.1) is 12.2 Å². The minimum absolute atomic E-state index is 0.104. The Balaban J connectivity index is 1.84. The Morgan fingerprint density at radius 2 is 1.28 bits per heavy atom. The maximum Gasteiger partial charge on any atom is 0.200 e. The van der Waals surface area contributed by atoms with E-state index in [2.05, 4.69) is 64.9 Å². The fourth-order valence-electron chi connectivity index (χ4n) is 4.83. The van der Waals surface area contributed by atoms with E-state index in [1.54, 1.807) is 6.07 Å². The molecular weight excluding hydrogens is 550 g/mol. The van der Waals surface area contributed by atoms with Crippen LogP contribution < -0.4 is 4.74 Å². The van der Waals surface area contributed by atoms with Crippen molar-refractivity contribution in [2.24, 2.45) is 0 Å². The molecule has 3 aromatic rings. The van der Waals surface area contributed by atoms with E-state index in [0.29, 0.717) is 34.3 Å². The van der Waals surface area contributed by atoms with Gasteiger partial charge < -0.3 is 9.84 Å². The molecule has 0 unspecified atom stereocenters. The van der Waals surface area contributed by atoms with Crippen LogP contribution in [0.2, 0.25) is 0 Å². The summed E-state index contributed by atoms with van der Waals surface area (Å²) in [6.45, 7) is 7.34. The monoisotopic (exact) mass is 595 g/mol. The van der Waals surface area contributed by atoms with Crippen LogP contribution >= 0.6 is 15.9 Å². The molecule has 2 aromatic carbocycles.